The van der Waals surface area contributed by atoms with Crippen molar-refractivity contribution in [3.63, 3.8) is 0 Å². The molecule has 27 heavy (non-hydrogen) atoms. The Morgan fingerprint density at radius 3 is 2.48 bits per heavy atom. The van der Waals surface area contributed by atoms with Crippen molar-refractivity contribution >= 4 is 17.6 Å². The molecule has 0 atom stereocenters. The number of aromatic nitrogens is 1. The molecule has 9 nitrogen and oxygen atoms in total. The molecule has 0 saturated carbocycles. The van der Waals surface area contributed by atoms with Gasteiger partial charge in [0.15, 0.2) is 0 Å². The first-order valence-electron chi connectivity index (χ1n) is 7.59. The standard InChI is InChI=1S/C17H16N2O7.Na/c1-3-26-17(23)13-9(2)18-12(8-20)15(16(21)22)14(13)10-5-4-6-11(7-10)19(24)25;/h4-7,20H,3,8H2,1-2H3,(H,21,22);/q;+1/p-1. The number of non-ortho nitro benzene ring substituents is 1. The molecule has 1 N–H and O–H groups in total. The second kappa shape index (κ2) is 9.56. The number of carbonyl (C=O) groups excluding carboxylic acids is 2. The van der Waals surface area contributed by atoms with Crippen molar-refractivity contribution in [2.75, 3.05) is 6.61 Å². The Kier molecular flexibility index (Phi) is 8.04. The quantitative estimate of drug-likeness (QED) is 0.262. The van der Waals surface area contributed by atoms with Crippen LogP contribution in [0.15, 0.2) is 24.3 Å². The zero-order valence-corrected chi connectivity index (χ0v) is 17.0. The van der Waals surface area contributed by atoms with E-state index < -0.39 is 29.0 Å². The van der Waals surface area contributed by atoms with Gasteiger partial charge < -0.3 is 19.7 Å². The molecule has 0 aliphatic carbocycles. The largest absolute Gasteiger partial charge is 1.00 e. The van der Waals surface area contributed by atoms with Gasteiger partial charge in [-0.2, -0.15) is 0 Å². The number of hydrogen-bond acceptors (Lipinski definition) is 8. The van der Waals surface area contributed by atoms with E-state index in [4.69, 9.17) is 4.74 Å². The number of carboxylic acids is 1. The van der Waals surface area contributed by atoms with Crippen molar-refractivity contribution in [2.45, 2.75) is 20.5 Å². The van der Waals surface area contributed by atoms with E-state index in [1.807, 2.05) is 0 Å². The first-order valence-corrected chi connectivity index (χ1v) is 7.59. The number of carbonyl (C=O) groups is 2. The maximum atomic E-state index is 12.4. The number of esters is 1. The third kappa shape index (κ3) is 4.69. The number of nitrogens with zero attached hydrogens (tertiary/aromatic N) is 2. The fourth-order valence-electron chi connectivity index (χ4n) is 2.62. The van der Waals surface area contributed by atoms with Gasteiger partial charge in [0.2, 0.25) is 0 Å². The second-order valence-electron chi connectivity index (χ2n) is 5.24. The first kappa shape index (κ1) is 22.7. The van der Waals surface area contributed by atoms with Crippen LogP contribution in [0.25, 0.3) is 11.1 Å². The predicted molar refractivity (Wildman–Crippen MR) is 87.3 cm³/mol. The number of hydrogen-bond donors (Lipinski definition) is 1. The summed E-state index contributed by atoms with van der Waals surface area (Å²) in [6, 6.07) is 5.13. The molecule has 136 valence electrons. The number of aliphatic hydroxyl groups is 1. The van der Waals surface area contributed by atoms with Crippen molar-refractivity contribution in [1.29, 1.82) is 0 Å². The number of aliphatic hydroxyl groups excluding tert-OH is 1. The fourth-order valence-corrected chi connectivity index (χ4v) is 2.62. The van der Waals surface area contributed by atoms with E-state index in [0.717, 1.165) is 6.07 Å². The Labute approximate surface area is 176 Å². The van der Waals surface area contributed by atoms with Crippen molar-refractivity contribution in [3.05, 3.63) is 56.9 Å². The summed E-state index contributed by atoms with van der Waals surface area (Å²) in [5, 5.41) is 32.2. The van der Waals surface area contributed by atoms with Crippen molar-refractivity contribution in [1.82, 2.24) is 4.98 Å². The van der Waals surface area contributed by atoms with Crippen molar-refractivity contribution in [3.8, 4) is 11.1 Å². The number of aromatic carboxylic acids is 1. The van der Waals surface area contributed by atoms with E-state index in [-0.39, 0.29) is 69.9 Å². The van der Waals surface area contributed by atoms with Crippen LogP contribution in [-0.2, 0) is 11.3 Å². The van der Waals surface area contributed by atoms with Crippen LogP contribution in [0.2, 0.25) is 0 Å². The molecule has 0 fully saturated rings. The topological polar surface area (TPSA) is 143 Å². The van der Waals surface area contributed by atoms with Gasteiger partial charge in [-0.25, -0.2) is 4.79 Å². The second-order valence-corrected chi connectivity index (χ2v) is 5.24. The molecule has 0 amide bonds. The number of carboxylic acid groups (broad SMARTS) is 1. The summed E-state index contributed by atoms with van der Waals surface area (Å²) in [6.07, 6.45) is 0. The molecular formula is C17H15N2NaO7. The summed E-state index contributed by atoms with van der Waals surface area (Å²) < 4.78 is 4.97. The van der Waals surface area contributed by atoms with E-state index in [0.29, 0.717) is 0 Å². The normalized spacial score (nSPS) is 10.0. The summed E-state index contributed by atoms with van der Waals surface area (Å²) in [6.45, 7) is 2.35. The van der Waals surface area contributed by atoms with Crippen LogP contribution in [0.5, 0.6) is 0 Å². The maximum absolute atomic E-state index is 12.4. The van der Waals surface area contributed by atoms with E-state index in [2.05, 4.69) is 4.98 Å². The molecule has 0 unspecified atom stereocenters. The monoisotopic (exact) mass is 382 g/mol. The molecule has 1 aromatic heterocycles. The van der Waals surface area contributed by atoms with Crippen LogP contribution >= 0.6 is 0 Å². The van der Waals surface area contributed by atoms with Gasteiger partial charge in [-0.3, -0.25) is 15.1 Å². The van der Waals surface area contributed by atoms with Crippen molar-refractivity contribution in [2.24, 2.45) is 0 Å². The zero-order chi connectivity index (χ0) is 19.4. The summed E-state index contributed by atoms with van der Waals surface area (Å²) in [7, 11) is 0. The molecule has 1 heterocycles. The summed E-state index contributed by atoms with van der Waals surface area (Å²) >= 11 is 0. The molecule has 2 aromatic rings. The first-order chi connectivity index (χ1) is 12.3. The number of ether oxygens (including phenoxy) is 1. The number of pyridine rings is 1. The van der Waals surface area contributed by atoms with Gasteiger partial charge in [-0.05, 0) is 19.4 Å². The number of nitro groups is 1. The smallest absolute Gasteiger partial charge is 0.545 e. The maximum Gasteiger partial charge on any atom is 1.00 e. The van der Waals surface area contributed by atoms with Gasteiger partial charge in [0.05, 0.1) is 41.1 Å². The Balaban J connectivity index is 0.00000364. The molecule has 0 radical (unpaired) electrons. The van der Waals surface area contributed by atoms with Crippen LogP contribution < -0.4 is 34.7 Å². The fraction of sp³-hybridized carbons (Fsp3) is 0.235. The van der Waals surface area contributed by atoms with Crippen LogP contribution in [-0.4, -0.2) is 33.6 Å². The minimum absolute atomic E-state index is 0. The Morgan fingerprint density at radius 2 is 1.96 bits per heavy atom. The van der Waals surface area contributed by atoms with Gasteiger partial charge in [-0.15, -0.1) is 0 Å². The van der Waals surface area contributed by atoms with Gasteiger partial charge in [0.1, 0.15) is 0 Å². The van der Waals surface area contributed by atoms with Crippen molar-refractivity contribution < 1.29 is 59.0 Å². The number of rotatable bonds is 6. The molecule has 2 rings (SSSR count). The Hall–Kier alpha value is -2.33. The molecular weight excluding hydrogens is 367 g/mol. The molecule has 0 aliphatic rings. The van der Waals surface area contributed by atoms with E-state index in [1.54, 1.807) is 6.92 Å². The van der Waals surface area contributed by atoms with Crippen LogP contribution in [0.3, 0.4) is 0 Å². The van der Waals surface area contributed by atoms with E-state index >= 15 is 0 Å². The summed E-state index contributed by atoms with van der Waals surface area (Å²) in [4.78, 5) is 38.4. The average molecular weight is 382 g/mol. The minimum Gasteiger partial charge on any atom is -0.545 e. The summed E-state index contributed by atoms with van der Waals surface area (Å²) in [5.74, 6) is -2.50. The molecule has 0 spiro atoms. The molecule has 0 bridgehead atoms. The number of aryl methyl sites for hydroxylation is 1. The van der Waals surface area contributed by atoms with Crippen LogP contribution in [0.1, 0.15) is 39.0 Å². The average Bonchev–Trinajstić information content (AvgIpc) is 2.60. The predicted octanol–water partition coefficient (Wildman–Crippen LogP) is -2.00. The Morgan fingerprint density at radius 1 is 1.30 bits per heavy atom. The van der Waals surface area contributed by atoms with Gasteiger partial charge in [0.25, 0.3) is 5.69 Å². The molecule has 10 heteroatoms. The third-order valence-electron chi connectivity index (χ3n) is 3.63. The third-order valence-corrected chi connectivity index (χ3v) is 3.63. The van der Waals surface area contributed by atoms with Gasteiger partial charge in [-0.1, -0.05) is 12.1 Å². The van der Waals surface area contributed by atoms with Crippen LogP contribution in [0.4, 0.5) is 5.69 Å². The molecule has 0 saturated heterocycles. The van der Waals surface area contributed by atoms with E-state index in [9.17, 15) is 29.9 Å². The molecule has 0 aliphatic heterocycles. The summed E-state index contributed by atoms with van der Waals surface area (Å²) in [5.41, 5.74) is -1.08. The number of benzene rings is 1. The minimum atomic E-state index is -1.67. The number of nitro benzene ring substituents is 1. The Bertz CT molecular complexity index is 899. The van der Waals surface area contributed by atoms with E-state index in [1.165, 1.54) is 25.1 Å². The van der Waals surface area contributed by atoms with Gasteiger partial charge in [0, 0.05) is 23.3 Å². The van der Waals surface area contributed by atoms with Crippen LogP contribution in [0, 0.1) is 17.0 Å². The molecule has 1 aromatic carbocycles. The SMILES string of the molecule is CCOC(=O)c1c(C)nc(CO)c(C(=O)[O-])c1-c1cccc([N+](=O)[O-])c1.[Na+]. The zero-order valence-electron chi connectivity index (χ0n) is 15.0. The van der Waals surface area contributed by atoms with Gasteiger partial charge >= 0.3 is 35.5 Å².